The number of nitrogens with zero attached hydrogens (tertiary/aromatic N) is 3. The number of aliphatic carboxylic acids is 1. The van der Waals surface area contributed by atoms with Gasteiger partial charge >= 0.3 is 5.97 Å². The zero-order chi connectivity index (χ0) is 22.7. The lowest BCUT2D eigenvalue weighted by Gasteiger charge is -2.41. The smallest absolute Gasteiger partial charge is 0.335 e. The molecule has 33 heavy (non-hydrogen) atoms. The molecule has 0 atom stereocenters. The van der Waals surface area contributed by atoms with Crippen LogP contribution in [0.1, 0.15) is 48.8 Å². The van der Waals surface area contributed by atoms with Crippen LogP contribution in [0.25, 0.3) is 27.8 Å². The molecule has 1 aliphatic heterocycles. The summed E-state index contributed by atoms with van der Waals surface area (Å²) in [5, 5.41) is 27.8. The van der Waals surface area contributed by atoms with E-state index < -0.39 is 11.6 Å². The van der Waals surface area contributed by atoms with Crippen LogP contribution >= 0.6 is 0 Å². The molecule has 6 rings (SSSR count). The van der Waals surface area contributed by atoms with Crippen LogP contribution in [0.4, 0.5) is 4.39 Å². The molecule has 0 spiro atoms. The second-order valence-corrected chi connectivity index (χ2v) is 9.10. The van der Waals surface area contributed by atoms with Crippen LogP contribution in [0, 0.1) is 5.82 Å². The highest BCUT2D eigenvalue weighted by Gasteiger charge is 2.51. The number of benzene rings is 1. The van der Waals surface area contributed by atoms with Gasteiger partial charge in [0.15, 0.2) is 11.2 Å². The number of hydrogen-bond donors (Lipinski definition) is 3. The minimum atomic E-state index is -1.72. The quantitative estimate of drug-likeness (QED) is 0.438. The van der Waals surface area contributed by atoms with E-state index in [1.54, 1.807) is 18.3 Å². The summed E-state index contributed by atoms with van der Waals surface area (Å²) in [6, 6.07) is 8.37. The van der Waals surface area contributed by atoms with E-state index in [9.17, 15) is 19.4 Å². The number of halogens is 1. The van der Waals surface area contributed by atoms with Crippen molar-refractivity contribution in [2.45, 2.75) is 43.1 Å². The van der Waals surface area contributed by atoms with Crippen LogP contribution in [-0.2, 0) is 9.53 Å². The SMILES string of the molecule is O=C(O)C1(O)CC(c2c(C3CCOCC3)n(-c3ccc(F)cc3)c3cc4cn[nH]c4nc23)C1. The van der Waals surface area contributed by atoms with E-state index in [0.29, 0.717) is 18.9 Å². The number of aromatic amines is 1. The number of carboxylic acids is 1. The molecule has 3 aromatic heterocycles. The van der Waals surface area contributed by atoms with Crippen LogP contribution < -0.4 is 0 Å². The third-order valence-corrected chi connectivity index (χ3v) is 7.09. The lowest BCUT2D eigenvalue weighted by Crippen LogP contribution is -2.49. The summed E-state index contributed by atoms with van der Waals surface area (Å²) in [5.41, 5.74) is 3.36. The fourth-order valence-corrected chi connectivity index (χ4v) is 5.39. The molecular formula is C24H23FN4O4. The highest BCUT2D eigenvalue weighted by molar-refractivity contribution is 5.94. The van der Waals surface area contributed by atoms with E-state index in [0.717, 1.165) is 46.2 Å². The lowest BCUT2D eigenvalue weighted by molar-refractivity contribution is -0.169. The van der Waals surface area contributed by atoms with Gasteiger partial charge in [-0.2, -0.15) is 5.10 Å². The molecule has 1 aliphatic carbocycles. The summed E-state index contributed by atoms with van der Waals surface area (Å²) >= 11 is 0. The highest BCUT2D eigenvalue weighted by atomic mass is 19.1. The van der Waals surface area contributed by atoms with Gasteiger partial charge in [0.1, 0.15) is 5.82 Å². The van der Waals surface area contributed by atoms with Gasteiger partial charge in [-0.25, -0.2) is 14.2 Å². The molecule has 2 fully saturated rings. The van der Waals surface area contributed by atoms with Gasteiger partial charge in [0.05, 0.1) is 17.2 Å². The largest absolute Gasteiger partial charge is 0.479 e. The number of carbonyl (C=O) groups is 1. The van der Waals surface area contributed by atoms with E-state index in [1.807, 2.05) is 6.07 Å². The number of nitrogens with one attached hydrogen (secondary N) is 1. The van der Waals surface area contributed by atoms with Crippen molar-refractivity contribution >= 4 is 28.0 Å². The molecule has 4 aromatic rings. The summed E-state index contributed by atoms with van der Waals surface area (Å²) in [7, 11) is 0. The van der Waals surface area contributed by atoms with Crippen LogP contribution in [-0.4, -0.2) is 54.7 Å². The average Bonchev–Trinajstić information content (AvgIpc) is 3.38. The Kier molecular flexibility index (Phi) is 4.53. The third-order valence-electron chi connectivity index (χ3n) is 7.09. The van der Waals surface area contributed by atoms with Gasteiger partial charge in [0.25, 0.3) is 0 Å². The molecule has 1 saturated heterocycles. The summed E-state index contributed by atoms with van der Waals surface area (Å²) in [4.78, 5) is 16.5. The number of ether oxygens (including phenoxy) is 1. The van der Waals surface area contributed by atoms with Gasteiger partial charge in [0, 0.05) is 41.5 Å². The molecule has 170 valence electrons. The summed E-state index contributed by atoms with van der Waals surface area (Å²) < 4.78 is 21.5. The molecule has 0 radical (unpaired) electrons. The molecule has 1 saturated carbocycles. The van der Waals surface area contributed by atoms with Crippen molar-refractivity contribution in [3.05, 3.63) is 53.6 Å². The van der Waals surface area contributed by atoms with Crippen molar-refractivity contribution in [2.24, 2.45) is 0 Å². The summed E-state index contributed by atoms with van der Waals surface area (Å²) in [6.45, 7) is 1.27. The minimum Gasteiger partial charge on any atom is -0.479 e. The summed E-state index contributed by atoms with van der Waals surface area (Å²) in [6.07, 6.45) is 3.61. The molecule has 4 heterocycles. The molecule has 0 unspecified atom stereocenters. The van der Waals surface area contributed by atoms with Crippen molar-refractivity contribution in [1.29, 1.82) is 0 Å². The van der Waals surface area contributed by atoms with Gasteiger partial charge in [-0.1, -0.05) is 0 Å². The monoisotopic (exact) mass is 450 g/mol. The molecule has 2 aliphatic rings. The van der Waals surface area contributed by atoms with Crippen molar-refractivity contribution in [3.63, 3.8) is 0 Å². The Morgan fingerprint density at radius 1 is 1.18 bits per heavy atom. The molecule has 9 heteroatoms. The Bertz CT molecular complexity index is 1360. The average molecular weight is 450 g/mol. The number of aromatic nitrogens is 4. The maximum atomic E-state index is 13.8. The topological polar surface area (TPSA) is 113 Å². The molecular weight excluding hydrogens is 427 g/mol. The molecule has 0 amide bonds. The Balaban J connectivity index is 1.64. The van der Waals surface area contributed by atoms with Crippen LogP contribution in [0.3, 0.4) is 0 Å². The van der Waals surface area contributed by atoms with E-state index in [4.69, 9.17) is 9.72 Å². The van der Waals surface area contributed by atoms with E-state index in [1.165, 1.54) is 12.1 Å². The van der Waals surface area contributed by atoms with Crippen LogP contribution in [0.15, 0.2) is 36.5 Å². The van der Waals surface area contributed by atoms with Crippen LogP contribution in [0.5, 0.6) is 0 Å². The normalized spacial score (nSPS) is 23.8. The van der Waals surface area contributed by atoms with Gasteiger partial charge in [-0.15, -0.1) is 0 Å². The number of pyridine rings is 1. The van der Waals surface area contributed by atoms with Crippen molar-refractivity contribution in [1.82, 2.24) is 19.7 Å². The molecule has 3 N–H and O–H groups in total. The van der Waals surface area contributed by atoms with Crippen molar-refractivity contribution in [3.8, 4) is 5.69 Å². The third kappa shape index (κ3) is 3.14. The standard InChI is InChI=1S/C24H23FN4O4/c25-16-1-3-17(4-2-16)29-18-9-14-12-26-28-22(14)27-20(18)19(15-10-24(32,11-15)23(30)31)21(29)13-5-7-33-8-6-13/h1-4,9,12-13,15,32H,5-8,10-11H2,(H,30,31)(H,26,27,28). The Morgan fingerprint density at radius 3 is 2.61 bits per heavy atom. The van der Waals surface area contributed by atoms with Gasteiger partial charge < -0.3 is 19.5 Å². The number of H-pyrrole nitrogens is 1. The first-order chi connectivity index (χ1) is 15.9. The molecule has 1 aromatic carbocycles. The predicted octanol–water partition coefficient (Wildman–Crippen LogP) is 3.63. The number of hydrogen-bond acceptors (Lipinski definition) is 5. The number of fused-ring (bicyclic) bond motifs is 2. The molecule has 0 bridgehead atoms. The van der Waals surface area contributed by atoms with Gasteiger partial charge in [0.2, 0.25) is 0 Å². The molecule has 8 nitrogen and oxygen atoms in total. The zero-order valence-corrected chi connectivity index (χ0v) is 17.8. The minimum absolute atomic E-state index is 0.129. The summed E-state index contributed by atoms with van der Waals surface area (Å²) in [5.74, 6) is -1.49. The van der Waals surface area contributed by atoms with E-state index in [-0.39, 0.29) is 30.5 Å². The highest BCUT2D eigenvalue weighted by Crippen LogP contribution is 2.51. The maximum absolute atomic E-state index is 13.8. The van der Waals surface area contributed by atoms with Gasteiger partial charge in [-0.05, 0) is 61.9 Å². The van der Waals surface area contributed by atoms with Crippen molar-refractivity contribution in [2.75, 3.05) is 13.2 Å². The van der Waals surface area contributed by atoms with Crippen molar-refractivity contribution < 1.29 is 24.1 Å². The first-order valence-electron chi connectivity index (χ1n) is 11.1. The Morgan fingerprint density at radius 2 is 1.91 bits per heavy atom. The number of rotatable bonds is 4. The predicted molar refractivity (Wildman–Crippen MR) is 118 cm³/mol. The second-order valence-electron chi connectivity index (χ2n) is 9.10. The van der Waals surface area contributed by atoms with E-state index >= 15 is 0 Å². The van der Waals surface area contributed by atoms with Crippen LogP contribution in [0.2, 0.25) is 0 Å². The fraction of sp³-hybridized carbons (Fsp3) is 0.375. The Hall–Kier alpha value is -3.30. The maximum Gasteiger partial charge on any atom is 0.335 e. The number of aliphatic hydroxyl groups is 1. The first-order valence-corrected chi connectivity index (χ1v) is 11.1. The van der Waals surface area contributed by atoms with Gasteiger partial charge in [-0.3, -0.25) is 5.10 Å². The second kappa shape index (κ2) is 7.36. The first kappa shape index (κ1) is 20.3. The fourth-order valence-electron chi connectivity index (χ4n) is 5.39. The lowest BCUT2D eigenvalue weighted by atomic mass is 9.67. The number of carboxylic acid groups (broad SMARTS) is 1. The zero-order valence-electron chi connectivity index (χ0n) is 17.8. The Labute approximate surface area is 188 Å². The van der Waals surface area contributed by atoms with E-state index in [2.05, 4.69) is 14.8 Å².